The number of nitrogens with zero attached hydrogens (tertiary/aromatic N) is 1. The lowest BCUT2D eigenvalue weighted by Gasteiger charge is -2.60. The molecule has 0 aromatic carbocycles. The summed E-state index contributed by atoms with van der Waals surface area (Å²) in [6.07, 6.45) is 8.63. The van der Waals surface area contributed by atoms with Crippen molar-refractivity contribution < 1.29 is 29.3 Å². The maximum Gasteiger partial charge on any atom is 0.306 e. The Morgan fingerprint density at radius 1 is 1.10 bits per heavy atom. The summed E-state index contributed by atoms with van der Waals surface area (Å²) in [6.45, 7) is 13.0. The number of aliphatic hydroxyl groups excluding tert-OH is 1. The molecule has 0 spiro atoms. The van der Waals surface area contributed by atoms with Gasteiger partial charge in [0.1, 0.15) is 5.60 Å². The number of halogens is 1. The number of allylic oxidation sites excluding steroid dienone is 4. The summed E-state index contributed by atoms with van der Waals surface area (Å²) >= 11 is 0. The fourth-order valence-corrected chi connectivity index (χ4v) is 8.80. The van der Waals surface area contributed by atoms with Crippen LogP contribution in [0, 0.1) is 28.6 Å². The van der Waals surface area contributed by atoms with E-state index < -0.39 is 35.5 Å². The lowest BCUT2D eigenvalue weighted by atomic mass is 9.45. The van der Waals surface area contributed by atoms with Crippen LogP contribution >= 0.6 is 12.4 Å². The molecular formula is C32H50ClNO6. The van der Waals surface area contributed by atoms with Crippen LogP contribution in [0.15, 0.2) is 23.3 Å². The van der Waals surface area contributed by atoms with Crippen molar-refractivity contribution >= 4 is 29.9 Å². The monoisotopic (exact) mass is 579 g/mol. The number of fused-ring (bicyclic) bond motifs is 5. The van der Waals surface area contributed by atoms with Crippen LogP contribution in [0.5, 0.6) is 0 Å². The molecule has 3 saturated carbocycles. The second-order valence-corrected chi connectivity index (χ2v) is 12.9. The molecule has 0 amide bonds. The fourth-order valence-electron chi connectivity index (χ4n) is 8.80. The van der Waals surface area contributed by atoms with E-state index in [4.69, 9.17) is 4.74 Å². The van der Waals surface area contributed by atoms with Crippen LogP contribution in [0.1, 0.15) is 92.4 Å². The number of rotatable bonds is 11. The molecular weight excluding hydrogens is 530 g/mol. The fraction of sp³-hybridized carbons (Fsp3) is 0.781. The summed E-state index contributed by atoms with van der Waals surface area (Å²) in [6, 6.07) is 0. The van der Waals surface area contributed by atoms with Gasteiger partial charge in [-0.3, -0.25) is 14.4 Å². The van der Waals surface area contributed by atoms with Crippen molar-refractivity contribution in [2.45, 2.75) is 104 Å². The van der Waals surface area contributed by atoms with Gasteiger partial charge < -0.3 is 19.8 Å². The minimum atomic E-state index is -1.63. The van der Waals surface area contributed by atoms with E-state index >= 15 is 0 Å². The number of ketones is 2. The zero-order chi connectivity index (χ0) is 28.6. The average Bonchev–Trinajstić information content (AvgIpc) is 3.16. The van der Waals surface area contributed by atoms with Gasteiger partial charge in [-0.2, -0.15) is 0 Å². The predicted molar refractivity (Wildman–Crippen MR) is 157 cm³/mol. The zero-order valence-electron chi connectivity index (χ0n) is 25.0. The lowest BCUT2D eigenvalue weighted by molar-refractivity contribution is -0.181. The third kappa shape index (κ3) is 5.60. The standard InChI is InChI=1S/C32H49NO6.ClH/c1-6-33(7-2)16-10-8-9-11-28(37)39-20-27(36)32(38)15-14-25-24-13-12-22-18-23(34)17-21(3)31(22,5)29(24)26(35)19-30(25,32)4;/h17-18,24-26,29,35,38H,6-16,19-20H2,1-5H3;1H/t24-,25-,26?,29+,30-,31-,32-;/m0./s1. The highest BCUT2D eigenvalue weighted by molar-refractivity contribution is 6.02. The summed E-state index contributed by atoms with van der Waals surface area (Å²) in [4.78, 5) is 40.4. The number of carbonyl (C=O) groups is 3. The second-order valence-electron chi connectivity index (χ2n) is 12.9. The van der Waals surface area contributed by atoms with Crippen LogP contribution in [0.25, 0.3) is 0 Å². The highest BCUT2D eigenvalue weighted by Gasteiger charge is 2.68. The van der Waals surface area contributed by atoms with Gasteiger partial charge in [-0.15, -0.1) is 12.4 Å². The van der Waals surface area contributed by atoms with Gasteiger partial charge in [0.15, 0.2) is 12.4 Å². The number of unbranched alkanes of at least 4 members (excludes halogenated alkanes) is 2. The van der Waals surface area contributed by atoms with Crippen molar-refractivity contribution in [2.24, 2.45) is 28.6 Å². The molecule has 4 aliphatic carbocycles. The molecule has 0 aliphatic heterocycles. The maximum absolute atomic E-state index is 13.4. The van der Waals surface area contributed by atoms with Crippen molar-refractivity contribution in [3.63, 3.8) is 0 Å². The molecule has 0 aromatic heterocycles. The van der Waals surface area contributed by atoms with Crippen LogP contribution < -0.4 is 0 Å². The van der Waals surface area contributed by atoms with Crippen LogP contribution in [0.4, 0.5) is 0 Å². The molecule has 40 heavy (non-hydrogen) atoms. The van der Waals surface area contributed by atoms with Crippen molar-refractivity contribution in [3.8, 4) is 0 Å². The summed E-state index contributed by atoms with van der Waals surface area (Å²) in [7, 11) is 0. The highest BCUT2D eigenvalue weighted by atomic mass is 35.5. The van der Waals surface area contributed by atoms with Gasteiger partial charge >= 0.3 is 5.97 Å². The Hall–Kier alpha value is -1.54. The van der Waals surface area contributed by atoms with E-state index in [1.165, 1.54) is 0 Å². The Morgan fingerprint density at radius 2 is 1.80 bits per heavy atom. The van der Waals surface area contributed by atoms with Crippen LogP contribution in [-0.2, 0) is 19.1 Å². The first-order valence-electron chi connectivity index (χ1n) is 15.2. The van der Waals surface area contributed by atoms with Crippen molar-refractivity contribution in [1.29, 1.82) is 0 Å². The van der Waals surface area contributed by atoms with Crippen molar-refractivity contribution in [3.05, 3.63) is 23.3 Å². The minimum Gasteiger partial charge on any atom is -0.458 e. The molecule has 7 nitrogen and oxygen atoms in total. The van der Waals surface area contributed by atoms with Crippen molar-refractivity contribution in [1.82, 2.24) is 4.90 Å². The topological polar surface area (TPSA) is 104 Å². The number of carbonyl (C=O) groups excluding carboxylic acids is 3. The van der Waals surface area contributed by atoms with Crippen LogP contribution in [0.3, 0.4) is 0 Å². The molecule has 0 radical (unpaired) electrons. The summed E-state index contributed by atoms with van der Waals surface area (Å²) in [5, 5.41) is 23.4. The zero-order valence-corrected chi connectivity index (χ0v) is 25.9. The van der Waals surface area contributed by atoms with Gasteiger partial charge in [-0.25, -0.2) is 0 Å². The first-order chi connectivity index (χ1) is 18.4. The predicted octanol–water partition coefficient (Wildman–Crippen LogP) is 4.82. The van der Waals surface area contributed by atoms with Gasteiger partial charge in [0, 0.05) is 23.2 Å². The van der Waals surface area contributed by atoms with Gasteiger partial charge in [-0.05, 0) is 95.5 Å². The molecule has 226 valence electrons. The molecule has 0 bridgehead atoms. The van der Waals surface area contributed by atoms with Crippen molar-refractivity contribution in [2.75, 3.05) is 26.2 Å². The Balaban J connectivity index is 0.00000441. The average molecular weight is 580 g/mol. The summed E-state index contributed by atoms with van der Waals surface area (Å²) < 4.78 is 5.35. The number of ether oxygens (including phenoxy) is 1. The van der Waals surface area contributed by atoms with E-state index in [1.54, 1.807) is 12.2 Å². The third-order valence-corrected chi connectivity index (χ3v) is 11.3. The molecule has 3 fully saturated rings. The van der Waals surface area contributed by atoms with Gasteiger partial charge in [-0.1, -0.05) is 45.3 Å². The Bertz CT molecular complexity index is 1040. The minimum absolute atomic E-state index is 0. The SMILES string of the molecule is CCN(CC)CCCCCC(=O)OCC(=O)[C@@]1(O)CC[C@H]2[C@@H]3CCC4=CC(=O)C=C(C)[C@]4(C)[C@H]3C(O)C[C@@]21C.Cl. The second kappa shape index (κ2) is 12.8. The number of Topliss-reactive ketones (excluding diaryl/α,β-unsaturated/α-hetero) is 1. The smallest absolute Gasteiger partial charge is 0.306 e. The summed E-state index contributed by atoms with van der Waals surface area (Å²) in [5.74, 6) is -0.675. The largest absolute Gasteiger partial charge is 0.458 e. The molecule has 1 unspecified atom stereocenters. The first kappa shape index (κ1) is 33.0. The summed E-state index contributed by atoms with van der Waals surface area (Å²) in [5.41, 5.74) is -0.713. The Kier molecular flexibility index (Phi) is 10.5. The molecule has 4 aliphatic rings. The van der Waals surface area contributed by atoms with E-state index in [2.05, 4.69) is 25.7 Å². The molecule has 7 atom stereocenters. The molecule has 0 saturated heterocycles. The van der Waals surface area contributed by atoms with Gasteiger partial charge in [0.25, 0.3) is 0 Å². The Morgan fingerprint density at radius 3 is 2.48 bits per heavy atom. The van der Waals surface area contributed by atoms with Gasteiger partial charge in [0.2, 0.25) is 5.78 Å². The molecule has 0 heterocycles. The maximum atomic E-state index is 13.4. The van der Waals surface area contributed by atoms with Gasteiger partial charge in [0.05, 0.1) is 6.10 Å². The van der Waals surface area contributed by atoms with E-state index in [1.807, 2.05) is 13.8 Å². The normalized spacial score (nSPS) is 36.5. The van der Waals surface area contributed by atoms with E-state index in [-0.39, 0.29) is 47.8 Å². The molecule has 2 N–H and O–H groups in total. The Labute approximate surface area is 246 Å². The number of aliphatic hydroxyl groups is 2. The number of esters is 1. The third-order valence-electron chi connectivity index (χ3n) is 11.3. The number of hydrogen-bond donors (Lipinski definition) is 2. The highest BCUT2D eigenvalue weighted by Crippen LogP contribution is 2.68. The lowest BCUT2D eigenvalue weighted by Crippen LogP contribution is -2.62. The quantitative estimate of drug-likeness (QED) is 0.267. The van der Waals surface area contributed by atoms with Crippen LogP contribution in [-0.4, -0.2) is 70.6 Å². The van der Waals surface area contributed by atoms with E-state index in [0.717, 1.165) is 62.9 Å². The molecule has 0 aromatic rings. The van der Waals surface area contributed by atoms with Crippen LogP contribution in [0.2, 0.25) is 0 Å². The number of hydrogen-bond acceptors (Lipinski definition) is 7. The van der Waals surface area contributed by atoms with E-state index in [0.29, 0.717) is 19.3 Å². The molecule has 4 rings (SSSR count). The van der Waals surface area contributed by atoms with E-state index in [9.17, 15) is 24.6 Å². The first-order valence-corrected chi connectivity index (χ1v) is 15.2. The molecule has 8 heteroatoms.